The number of aromatic nitrogens is 3. The third kappa shape index (κ3) is 1.59. The summed E-state index contributed by atoms with van der Waals surface area (Å²) in [4.78, 5) is 3.97. The third-order valence-corrected chi connectivity index (χ3v) is 2.21. The molecule has 2 aromatic rings. The Morgan fingerprint density at radius 3 is 2.57 bits per heavy atom. The Labute approximate surface area is 82.4 Å². The van der Waals surface area contributed by atoms with E-state index in [1.54, 1.807) is 18.5 Å². The number of rotatable bonds is 2. The van der Waals surface area contributed by atoms with Gasteiger partial charge in [0.2, 0.25) is 0 Å². The van der Waals surface area contributed by atoms with E-state index in [-0.39, 0.29) is 6.04 Å². The van der Waals surface area contributed by atoms with Crippen LogP contribution < -0.4 is 5.73 Å². The SMILES string of the molecule is C[C@H](c1ccncc1)n1ccc(N)n1. The second-order valence-electron chi connectivity index (χ2n) is 3.18. The first-order chi connectivity index (χ1) is 6.77. The first kappa shape index (κ1) is 8.74. The molecule has 1 atom stereocenters. The van der Waals surface area contributed by atoms with Crippen LogP contribution in [0.25, 0.3) is 0 Å². The number of nitrogens with zero attached hydrogens (tertiary/aromatic N) is 3. The van der Waals surface area contributed by atoms with Crippen LogP contribution in [0.15, 0.2) is 36.8 Å². The van der Waals surface area contributed by atoms with E-state index in [4.69, 9.17) is 5.73 Å². The highest BCUT2D eigenvalue weighted by Crippen LogP contribution is 2.16. The van der Waals surface area contributed by atoms with E-state index in [0.29, 0.717) is 5.82 Å². The smallest absolute Gasteiger partial charge is 0.145 e. The molecule has 0 saturated heterocycles. The Bertz CT molecular complexity index is 407. The van der Waals surface area contributed by atoms with Crippen molar-refractivity contribution < 1.29 is 0 Å². The summed E-state index contributed by atoms with van der Waals surface area (Å²) < 4.78 is 1.84. The van der Waals surface area contributed by atoms with Crippen molar-refractivity contribution in [2.24, 2.45) is 0 Å². The zero-order valence-electron chi connectivity index (χ0n) is 7.96. The molecule has 2 rings (SSSR count). The van der Waals surface area contributed by atoms with Crippen molar-refractivity contribution in [1.82, 2.24) is 14.8 Å². The molecule has 2 heterocycles. The van der Waals surface area contributed by atoms with Gasteiger partial charge in [0.1, 0.15) is 5.82 Å². The molecule has 0 radical (unpaired) electrons. The molecule has 0 spiro atoms. The predicted octanol–water partition coefficient (Wildman–Crippen LogP) is 1.47. The van der Waals surface area contributed by atoms with Gasteiger partial charge in [-0.25, -0.2) is 0 Å². The monoisotopic (exact) mass is 188 g/mol. The Kier molecular flexibility index (Phi) is 2.18. The van der Waals surface area contributed by atoms with E-state index >= 15 is 0 Å². The molecular formula is C10H12N4. The molecule has 0 unspecified atom stereocenters. The fourth-order valence-electron chi connectivity index (χ4n) is 1.36. The first-order valence-electron chi connectivity index (χ1n) is 4.48. The van der Waals surface area contributed by atoms with Crippen molar-refractivity contribution in [3.8, 4) is 0 Å². The van der Waals surface area contributed by atoms with Crippen molar-refractivity contribution in [3.05, 3.63) is 42.4 Å². The van der Waals surface area contributed by atoms with E-state index in [0.717, 1.165) is 0 Å². The van der Waals surface area contributed by atoms with Crippen LogP contribution >= 0.6 is 0 Å². The van der Waals surface area contributed by atoms with E-state index < -0.39 is 0 Å². The summed E-state index contributed by atoms with van der Waals surface area (Å²) in [5.41, 5.74) is 6.72. The molecule has 0 aliphatic rings. The van der Waals surface area contributed by atoms with Crippen molar-refractivity contribution in [3.63, 3.8) is 0 Å². The maximum absolute atomic E-state index is 5.55. The van der Waals surface area contributed by atoms with Crippen molar-refractivity contribution in [1.29, 1.82) is 0 Å². The second-order valence-corrected chi connectivity index (χ2v) is 3.18. The largest absolute Gasteiger partial charge is 0.382 e. The molecule has 0 fully saturated rings. The minimum absolute atomic E-state index is 0.190. The number of anilines is 1. The van der Waals surface area contributed by atoms with Crippen LogP contribution in [0.3, 0.4) is 0 Å². The molecule has 0 saturated carbocycles. The Balaban J connectivity index is 2.29. The second kappa shape index (κ2) is 3.49. The quantitative estimate of drug-likeness (QED) is 0.776. The lowest BCUT2D eigenvalue weighted by molar-refractivity contribution is 0.566. The Morgan fingerprint density at radius 1 is 1.29 bits per heavy atom. The predicted molar refractivity (Wildman–Crippen MR) is 54.7 cm³/mol. The average molecular weight is 188 g/mol. The molecule has 0 aliphatic carbocycles. The molecule has 2 aromatic heterocycles. The van der Waals surface area contributed by atoms with Gasteiger partial charge >= 0.3 is 0 Å². The number of nitrogen functional groups attached to an aromatic ring is 1. The number of hydrogen-bond donors (Lipinski definition) is 1. The van der Waals surface area contributed by atoms with Crippen molar-refractivity contribution >= 4 is 5.82 Å². The molecule has 2 N–H and O–H groups in total. The fourth-order valence-corrected chi connectivity index (χ4v) is 1.36. The number of hydrogen-bond acceptors (Lipinski definition) is 3. The van der Waals surface area contributed by atoms with E-state index in [9.17, 15) is 0 Å². The maximum atomic E-state index is 5.55. The van der Waals surface area contributed by atoms with Gasteiger partial charge in [0.15, 0.2) is 0 Å². The fraction of sp³-hybridized carbons (Fsp3) is 0.200. The van der Waals surface area contributed by atoms with Crippen LogP contribution in [0.4, 0.5) is 5.82 Å². The van der Waals surface area contributed by atoms with Gasteiger partial charge in [-0.2, -0.15) is 5.10 Å². The highest BCUT2D eigenvalue weighted by Gasteiger charge is 2.07. The standard InChI is InChI=1S/C10H12N4/c1-8(9-2-5-12-6-3-9)14-7-4-10(11)13-14/h2-8H,1H3,(H2,11,13)/t8-/m1/s1. The summed E-state index contributed by atoms with van der Waals surface area (Å²) in [6.07, 6.45) is 5.43. The van der Waals surface area contributed by atoms with E-state index in [2.05, 4.69) is 17.0 Å². The molecule has 4 nitrogen and oxygen atoms in total. The summed E-state index contributed by atoms with van der Waals surface area (Å²) in [7, 11) is 0. The summed E-state index contributed by atoms with van der Waals surface area (Å²) in [6, 6.07) is 5.93. The van der Waals surface area contributed by atoms with Gasteiger partial charge in [0.25, 0.3) is 0 Å². The van der Waals surface area contributed by atoms with Gasteiger partial charge in [0, 0.05) is 18.6 Å². The molecule has 0 aromatic carbocycles. The summed E-state index contributed by atoms with van der Waals surface area (Å²) in [5, 5.41) is 4.16. The maximum Gasteiger partial charge on any atom is 0.145 e. The van der Waals surface area contributed by atoms with Gasteiger partial charge in [-0.15, -0.1) is 0 Å². The normalized spacial score (nSPS) is 12.6. The minimum atomic E-state index is 0.190. The zero-order chi connectivity index (χ0) is 9.97. The van der Waals surface area contributed by atoms with Crippen LogP contribution in [0.5, 0.6) is 0 Å². The van der Waals surface area contributed by atoms with E-state index in [1.165, 1.54) is 5.56 Å². The number of nitrogens with two attached hydrogens (primary N) is 1. The van der Waals surface area contributed by atoms with Crippen LogP contribution in [-0.2, 0) is 0 Å². The molecular weight excluding hydrogens is 176 g/mol. The Hall–Kier alpha value is -1.84. The van der Waals surface area contributed by atoms with Gasteiger partial charge in [0.05, 0.1) is 6.04 Å². The number of pyridine rings is 1. The van der Waals surface area contributed by atoms with E-state index in [1.807, 2.05) is 23.0 Å². The van der Waals surface area contributed by atoms with Crippen molar-refractivity contribution in [2.45, 2.75) is 13.0 Å². The topological polar surface area (TPSA) is 56.7 Å². The lowest BCUT2D eigenvalue weighted by atomic mass is 10.1. The summed E-state index contributed by atoms with van der Waals surface area (Å²) in [5.74, 6) is 0.547. The average Bonchev–Trinajstić information content (AvgIpc) is 2.65. The van der Waals surface area contributed by atoms with Gasteiger partial charge in [-0.3, -0.25) is 9.67 Å². The molecule has 4 heteroatoms. The van der Waals surface area contributed by atoms with Crippen LogP contribution in [0.1, 0.15) is 18.5 Å². The Morgan fingerprint density at radius 2 is 2.00 bits per heavy atom. The zero-order valence-corrected chi connectivity index (χ0v) is 7.96. The van der Waals surface area contributed by atoms with Crippen molar-refractivity contribution in [2.75, 3.05) is 5.73 Å². The summed E-state index contributed by atoms with van der Waals surface area (Å²) in [6.45, 7) is 2.07. The van der Waals surface area contributed by atoms with Crippen LogP contribution in [-0.4, -0.2) is 14.8 Å². The van der Waals surface area contributed by atoms with Gasteiger partial charge in [-0.1, -0.05) is 0 Å². The highest BCUT2D eigenvalue weighted by atomic mass is 15.3. The van der Waals surface area contributed by atoms with Gasteiger partial charge < -0.3 is 5.73 Å². The summed E-state index contributed by atoms with van der Waals surface area (Å²) >= 11 is 0. The third-order valence-electron chi connectivity index (χ3n) is 2.21. The lowest BCUT2D eigenvalue weighted by Gasteiger charge is -2.11. The molecule has 14 heavy (non-hydrogen) atoms. The lowest BCUT2D eigenvalue weighted by Crippen LogP contribution is -2.07. The van der Waals surface area contributed by atoms with Crippen LogP contribution in [0, 0.1) is 0 Å². The molecule has 0 aliphatic heterocycles. The highest BCUT2D eigenvalue weighted by molar-refractivity contribution is 5.25. The first-order valence-corrected chi connectivity index (χ1v) is 4.48. The molecule has 72 valence electrons. The van der Waals surface area contributed by atoms with Gasteiger partial charge in [-0.05, 0) is 30.7 Å². The molecule has 0 bridgehead atoms. The minimum Gasteiger partial charge on any atom is -0.382 e. The van der Waals surface area contributed by atoms with Crippen LogP contribution in [0.2, 0.25) is 0 Å². The molecule has 0 amide bonds.